The fraction of sp³-hybridized carbons (Fsp3) is 0.550. The molecule has 3 amide bonds. The second-order valence-corrected chi connectivity index (χ2v) is 7.49. The molecule has 0 spiro atoms. The van der Waals surface area contributed by atoms with E-state index in [1.807, 2.05) is 0 Å². The topological polar surface area (TPSA) is 79.0 Å². The molecular weight excluding hydrogens is 403 g/mol. The Morgan fingerprint density at radius 3 is 2.23 bits per heavy atom. The number of methoxy groups -OCH3 is 1. The van der Waals surface area contributed by atoms with E-state index in [-0.39, 0.29) is 24.9 Å². The SMILES string of the molecule is COC(=O)N1CCC(C(=O)Nc2ccc3c(c2)CCN(C(=O)C(F)(F)F)CC3)CC1. The van der Waals surface area contributed by atoms with Gasteiger partial charge in [0, 0.05) is 37.8 Å². The zero-order valence-corrected chi connectivity index (χ0v) is 16.6. The van der Waals surface area contributed by atoms with Gasteiger partial charge >= 0.3 is 18.2 Å². The van der Waals surface area contributed by atoms with Crippen LogP contribution in [-0.2, 0) is 27.2 Å². The Morgan fingerprint density at radius 2 is 1.63 bits per heavy atom. The molecule has 3 rings (SSSR count). The normalized spacial score (nSPS) is 17.7. The highest BCUT2D eigenvalue weighted by molar-refractivity contribution is 5.92. The molecular formula is C20H24F3N3O4. The maximum absolute atomic E-state index is 12.7. The van der Waals surface area contributed by atoms with Crippen LogP contribution in [-0.4, -0.2) is 67.2 Å². The van der Waals surface area contributed by atoms with Crippen molar-refractivity contribution in [1.82, 2.24) is 9.80 Å². The number of halogens is 3. The van der Waals surface area contributed by atoms with Gasteiger partial charge in [0.05, 0.1) is 7.11 Å². The molecule has 1 aromatic rings. The predicted molar refractivity (Wildman–Crippen MR) is 102 cm³/mol. The number of hydrogen-bond donors (Lipinski definition) is 1. The highest BCUT2D eigenvalue weighted by Crippen LogP contribution is 2.25. The van der Waals surface area contributed by atoms with Crippen LogP contribution in [0.4, 0.5) is 23.7 Å². The van der Waals surface area contributed by atoms with Crippen molar-refractivity contribution in [3.8, 4) is 0 Å². The minimum atomic E-state index is -4.88. The molecule has 2 aliphatic heterocycles. The summed E-state index contributed by atoms with van der Waals surface area (Å²) in [4.78, 5) is 38.0. The fourth-order valence-electron chi connectivity index (χ4n) is 3.88. The third-order valence-electron chi connectivity index (χ3n) is 5.60. The molecule has 164 valence electrons. The Balaban J connectivity index is 1.59. The summed E-state index contributed by atoms with van der Waals surface area (Å²) in [6.45, 7) is 0.876. The number of amides is 3. The Hall–Kier alpha value is -2.78. The first-order valence-corrected chi connectivity index (χ1v) is 9.80. The van der Waals surface area contributed by atoms with Crippen molar-refractivity contribution in [1.29, 1.82) is 0 Å². The van der Waals surface area contributed by atoms with E-state index in [1.54, 1.807) is 23.1 Å². The summed E-state index contributed by atoms with van der Waals surface area (Å²) in [5.41, 5.74) is 2.27. The summed E-state index contributed by atoms with van der Waals surface area (Å²) in [7, 11) is 1.32. The molecule has 30 heavy (non-hydrogen) atoms. The van der Waals surface area contributed by atoms with E-state index in [0.29, 0.717) is 44.5 Å². The van der Waals surface area contributed by atoms with Gasteiger partial charge < -0.3 is 19.9 Å². The Bertz CT molecular complexity index is 820. The van der Waals surface area contributed by atoms with Crippen LogP contribution in [0, 0.1) is 5.92 Å². The summed E-state index contributed by atoms with van der Waals surface area (Å²) in [6.07, 6.45) is -3.60. The van der Waals surface area contributed by atoms with Crippen LogP contribution in [0.3, 0.4) is 0 Å². The van der Waals surface area contributed by atoms with Gasteiger partial charge in [-0.25, -0.2) is 4.79 Å². The molecule has 0 radical (unpaired) electrons. The lowest BCUT2D eigenvalue weighted by atomic mass is 9.95. The van der Waals surface area contributed by atoms with Crippen molar-refractivity contribution < 1.29 is 32.3 Å². The Labute approximate surface area is 172 Å². The van der Waals surface area contributed by atoms with Crippen LogP contribution >= 0.6 is 0 Å². The minimum Gasteiger partial charge on any atom is -0.453 e. The molecule has 0 bridgehead atoms. The quantitative estimate of drug-likeness (QED) is 0.787. The van der Waals surface area contributed by atoms with Crippen molar-refractivity contribution in [3.05, 3.63) is 29.3 Å². The number of nitrogens with one attached hydrogen (secondary N) is 1. The van der Waals surface area contributed by atoms with Crippen LogP contribution < -0.4 is 5.32 Å². The maximum atomic E-state index is 12.7. The number of ether oxygens (including phenoxy) is 1. The van der Waals surface area contributed by atoms with E-state index in [0.717, 1.165) is 16.0 Å². The molecule has 1 fully saturated rings. The van der Waals surface area contributed by atoms with Gasteiger partial charge in [0.2, 0.25) is 5.91 Å². The van der Waals surface area contributed by atoms with Crippen LogP contribution in [0.15, 0.2) is 18.2 Å². The highest BCUT2D eigenvalue weighted by Gasteiger charge is 2.42. The van der Waals surface area contributed by atoms with Crippen molar-refractivity contribution in [3.63, 3.8) is 0 Å². The average Bonchev–Trinajstić information content (AvgIpc) is 2.94. The van der Waals surface area contributed by atoms with E-state index < -0.39 is 18.2 Å². The van der Waals surface area contributed by atoms with Gasteiger partial charge in [0.1, 0.15) is 0 Å². The number of alkyl halides is 3. The molecule has 0 aliphatic carbocycles. The maximum Gasteiger partial charge on any atom is 0.471 e. The number of anilines is 1. The number of nitrogens with zero attached hydrogens (tertiary/aromatic N) is 2. The number of hydrogen-bond acceptors (Lipinski definition) is 4. The summed E-state index contributed by atoms with van der Waals surface area (Å²) >= 11 is 0. The number of benzene rings is 1. The fourth-order valence-corrected chi connectivity index (χ4v) is 3.88. The van der Waals surface area contributed by atoms with Crippen LogP contribution in [0.1, 0.15) is 24.0 Å². The van der Waals surface area contributed by atoms with Gasteiger partial charge in [0.25, 0.3) is 0 Å². The lowest BCUT2D eigenvalue weighted by Gasteiger charge is -2.30. The van der Waals surface area contributed by atoms with Crippen molar-refractivity contribution in [2.24, 2.45) is 5.92 Å². The summed E-state index contributed by atoms with van der Waals surface area (Å²) in [6, 6.07) is 5.27. The van der Waals surface area contributed by atoms with Crippen LogP contribution in [0.2, 0.25) is 0 Å². The van der Waals surface area contributed by atoms with Crippen molar-refractivity contribution in [2.75, 3.05) is 38.6 Å². The molecule has 2 aliphatic rings. The third-order valence-corrected chi connectivity index (χ3v) is 5.60. The third kappa shape index (κ3) is 5.03. The largest absolute Gasteiger partial charge is 0.471 e. The minimum absolute atomic E-state index is 0.00974. The van der Waals surface area contributed by atoms with Gasteiger partial charge in [-0.05, 0) is 48.9 Å². The lowest BCUT2D eigenvalue weighted by molar-refractivity contribution is -0.185. The molecule has 0 atom stereocenters. The molecule has 10 heteroatoms. The first-order chi connectivity index (χ1) is 14.2. The number of carbonyl (C=O) groups excluding carboxylic acids is 3. The molecule has 1 saturated heterocycles. The summed E-state index contributed by atoms with van der Waals surface area (Å²) in [5, 5.41) is 2.86. The van der Waals surface area contributed by atoms with E-state index in [9.17, 15) is 27.6 Å². The van der Waals surface area contributed by atoms with Crippen molar-refractivity contribution in [2.45, 2.75) is 31.9 Å². The standard InChI is InChI=1S/C20H24F3N3O4/c1-30-19(29)26-10-5-14(6-11-26)17(27)24-16-3-2-13-4-8-25(9-7-15(13)12-16)18(28)20(21,22)23/h2-3,12,14H,4-11H2,1H3,(H,24,27). The smallest absolute Gasteiger partial charge is 0.453 e. The highest BCUT2D eigenvalue weighted by atomic mass is 19.4. The molecule has 0 saturated carbocycles. The van der Waals surface area contributed by atoms with E-state index in [4.69, 9.17) is 0 Å². The first-order valence-electron chi connectivity index (χ1n) is 9.80. The number of rotatable bonds is 2. The summed E-state index contributed by atoms with van der Waals surface area (Å²) < 4.78 is 42.8. The molecule has 1 N–H and O–H groups in total. The molecule has 2 heterocycles. The molecule has 0 unspecified atom stereocenters. The van der Waals surface area contributed by atoms with Gasteiger partial charge in [-0.3, -0.25) is 9.59 Å². The van der Waals surface area contributed by atoms with E-state index in [1.165, 1.54) is 7.11 Å². The van der Waals surface area contributed by atoms with Gasteiger partial charge in [-0.1, -0.05) is 6.07 Å². The van der Waals surface area contributed by atoms with E-state index >= 15 is 0 Å². The number of piperidine rings is 1. The zero-order chi connectivity index (χ0) is 21.9. The Morgan fingerprint density at radius 1 is 1.00 bits per heavy atom. The summed E-state index contributed by atoms with van der Waals surface area (Å²) in [5.74, 6) is -2.20. The zero-order valence-electron chi connectivity index (χ0n) is 16.6. The number of likely N-dealkylation sites (tertiary alicyclic amines) is 1. The average molecular weight is 427 g/mol. The van der Waals surface area contributed by atoms with Gasteiger partial charge in [-0.15, -0.1) is 0 Å². The van der Waals surface area contributed by atoms with Crippen LogP contribution in [0.25, 0.3) is 0 Å². The number of fused-ring (bicyclic) bond motifs is 1. The van der Waals surface area contributed by atoms with Gasteiger partial charge in [0.15, 0.2) is 0 Å². The van der Waals surface area contributed by atoms with E-state index in [2.05, 4.69) is 10.1 Å². The second kappa shape index (κ2) is 8.93. The van der Waals surface area contributed by atoms with Gasteiger partial charge in [-0.2, -0.15) is 13.2 Å². The number of carbonyl (C=O) groups is 3. The molecule has 7 nitrogen and oxygen atoms in total. The first kappa shape index (κ1) is 21.9. The van der Waals surface area contributed by atoms with Crippen molar-refractivity contribution >= 4 is 23.6 Å². The van der Waals surface area contributed by atoms with Crippen LogP contribution in [0.5, 0.6) is 0 Å². The molecule has 1 aromatic carbocycles. The molecule has 0 aromatic heterocycles. The monoisotopic (exact) mass is 427 g/mol. The second-order valence-electron chi connectivity index (χ2n) is 7.49. The predicted octanol–water partition coefficient (Wildman–Crippen LogP) is 2.59. The lowest BCUT2D eigenvalue weighted by Crippen LogP contribution is -2.42. The Kier molecular flexibility index (Phi) is 6.52.